The molecule has 0 aromatic carbocycles. The summed E-state index contributed by atoms with van der Waals surface area (Å²) in [5.74, 6) is -2.00. The molecule has 1 saturated carbocycles. The Kier molecular flexibility index (Phi) is 7.05. The van der Waals surface area contributed by atoms with Gasteiger partial charge in [0.1, 0.15) is 18.0 Å². The Labute approximate surface area is 159 Å². The molecule has 156 valence electrons. The average Bonchev–Trinajstić information content (AvgIpc) is 3.04. The number of urea groups is 1. The highest BCUT2D eigenvalue weighted by molar-refractivity contribution is 5.74. The van der Waals surface area contributed by atoms with Crippen LogP contribution in [0.2, 0.25) is 0 Å². The third kappa shape index (κ3) is 5.47. The summed E-state index contributed by atoms with van der Waals surface area (Å²) in [6, 6.07) is 3.91. The molecular formula is C17H22F3N3O5. The Balaban J connectivity index is 0.000000345. The minimum absolute atomic E-state index is 0.0167. The number of aliphatic carboxylic acids is 1. The number of pyridine rings is 1. The summed E-state index contributed by atoms with van der Waals surface area (Å²) in [5.41, 5.74) is 0. The van der Waals surface area contributed by atoms with Crippen molar-refractivity contribution in [2.24, 2.45) is 0 Å². The van der Waals surface area contributed by atoms with Gasteiger partial charge in [-0.05, 0) is 25.0 Å². The van der Waals surface area contributed by atoms with Crippen molar-refractivity contribution in [3.05, 3.63) is 24.5 Å². The van der Waals surface area contributed by atoms with Crippen molar-refractivity contribution in [1.82, 2.24) is 14.8 Å². The van der Waals surface area contributed by atoms with Gasteiger partial charge in [-0.2, -0.15) is 13.2 Å². The van der Waals surface area contributed by atoms with Crippen LogP contribution in [0.3, 0.4) is 0 Å². The average molecular weight is 405 g/mol. The Morgan fingerprint density at radius 1 is 1.36 bits per heavy atom. The molecule has 11 heteroatoms. The van der Waals surface area contributed by atoms with Crippen molar-refractivity contribution >= 4 is 12.0 Å². The molecule has 2 aliphatic rings. The normalized spacial score (nSPS) is 23.9. The maximum atomic E-state index is 12.3. The lowest BCUT2D eigenvalue weighted by Crippen LogP contribution is -2.56. The molecule has 2 fully saturated rings. The van der Waals surface area contributed by atoms with E-state index >= 15 is 0 Å². The van der Waals surface area contributed by atoms with E-state index in [1.54, 1.807) is 31.4 Å². The lowest BCUT2D eigenvalue weighted by Gasteiger charge is -2.40. The van der Waals surface area contributed by atoms with Gasteiger partial charge < -0.3 is 24.4 Å². The molecule has 0 bridgehead atoms. The minimum Gasteiger partial charge on any atom is -0.486 e. The molecule has 3 rings (SSSR count). The molecule has 8 nitrogen and oxygen atoms in total. The molecule has 1 aromatic heterocycles. The standard InChI is InChI=1S/C15H21N3O3.C2HF3O2/c1-17(2)15(19)18-8-9-20-14-12(18)5-6-13(14)21-11-4-3-7-16-10-11;3-2(4,5)1(6)7/h3-4,7,10,12-14H,5-6,8-9H2,1-2H3;(H,6,7)/t12-,13+,14+;/m0./s1. The molecular weight excluding hydrogens is 383 g/mol. The highest BCUT2D eigenvalue weighted by atomic mass is 19.4. The Morgan fingerprint density at radius 2 is 2.04 bits per heavy atom. The Bertz CT molecular complexity index is 672. The number of morpholine rings is 1. The number of amides is 2. The number of hydrogen-bond donors (Lipinski definition) is 1. The number of fused-ring (bicyclic) bond motifs is 1. The summed E-state index contributed by atoms with van der Waals surface area (Å²) >= 11 is 0. The lowest BCUT2D eigenvalue weighted by atomic mass is 10.1. The maximum absolute atomic E-state index is 12.3. The molecule has 3 atom stereocenters. The zero-order valence-corrected chi connectivity index (χ0v) is 15.4. The van der Waals surface area contributed by atoms with Gasteiger partial charge in [0.25, 0.3) is 0 Å². The molecule has 1 saturated heterocycles. The fraction of sp³-hybridized carbons (Fsp3) is 0.588. The van der Waals surface area contributed by atoms with Crippen LogP contribution in [0.1, 0.15) is 12.8 Å². The Morgan fingerprint density at radius 3 is 2.57 bits per heavy atom. The van der Waals surface area contributed by atoms with E-state index in [9.17, 15) is 18.0 Å². The molecule has 0 unspecified atom stereocenters. The van der Waals surface area contributed by atoms with Gasteiger partial charge in [-0.15, -0.1) is 0 Å². The monoisotopic (exact) mass is 405 g/mol. The first-order chi connectivity index (χ1) is 13.1. The van der Waals surface area contributed by atoms with Crippen molar-refractivity contribution in [1.29, 1.82) is 0 Å². The number of rotatable bonds is 2. The largest absolute Gasteiger partial charge is 0.490 e. The van der Waals surface area contributed by atoms with E-state index in [0.717, 1.165) is 18.6 Å². The van der Waals surface area contributed by atoms with Crippen molar-refractivity contribution in [3.63, 3.8) is 0 Å². The van der Waals surface area contributed by atoms with Crippen LogP contribution in [0.25, 0.3) is 0 Å². The number of hydrogen-bond acceptors (Lipinski definition) is 5. The predicted octanol–water partition coefficient (Wildman–Crippen LogP) is 2.01. The van der Waals surface area contributed by atoms with Crippen LogP contribution in [0.4, 0.5) is 18.0 Å². The van der Waals surface area contributed by atoms with Gasteiger partial charge in [-0.1, -0.05) is 0 Å². The zero-order chi connectivity index (χ0) is 20.9. The van der Waals surface area contributed by atoms with Crippen molar-refractivity contribution in [2.45, 2.75) is 37.3 Å². The van der Waals surface area contributed by atoms with Crippen LogP contribution >= 0.6 is 0 Å². The molecule has 1 N–H and O–H groups in total. The second-order valence-corrected chi connectivity index (χ2v) is 6.50. The Hall–Kier alpha value is -2.56. The number of carbonyl (C=O) groups excluding carboxylic acids is 1. The number of halogens is 3. The van der Waals surface area contributed by atoms with Gasteiger partial charge >= 0.3 is 18.2 Å². The highest BCUT2D eigenvalue weighted by Gasteiger charge is 2.46. The number of carboxylic acid groups (broad SMARTS) is 1. The van der Waals surface area contributed by atoms with Crippen LogP contribution in [0.5, 0.6) is 5.75 Å². The van der Waals surface area contributed by atoms with Crippen LogP contribution in [-0.2, 0) is 9.53 Å². The van der Waals surface area contributed by atoms with Gasteiger partial charge in [0.05, 0.1) is 18.8 Å². The maximum Gasteiger partial charge on any atom is 0.490 e. The molecule has 1 aromatic rings. The zero-order valence-electron chi connectivity index (χ0n) is 15.4. The molecule has 0 spiro atoms. The van der Waals surface area contributed by atoms with E-state index in [1.807, 2.05) is 17.0 Å². The SMILES string of the molecule is CN(C)C(=O)N1CCO[C@H]2[C@H](Oc3cccnc3)CC[C@@H]21.O=C(O)C(F)(F)F. The molecule has 28 heavy (non-hydrogen) atoms. The van der Waals surface area contributed by atoms with Gasteiger partial charge in [-0.25, -0.2) is 9.59 Å². The lowest BCUT2D eigenvalue weighted by molar-refractivity contribution is -0.192. The number of ether oxygens (including phenoxy) is 2. The van der Waals surface area contributed by atoms with E-state index in [1.165, 1.54) is 0 Å². The predicted molar refractivity (Wildman–Crippen MR) is 90.9 cm³/mol. The van der Waals surface area contributed by atoms with Gasteiger partial charge in [0.15, 0.2) is 0 Å². The van der Waals surface area contributed by atoms with Crippen LogP contribution < -0.4 is 4.74 Å². The first-order valence-corrected chi connectivity index (χ1v) is 8.57. The summed E-state index contributed by atoms with van der Waals surface area (Å²) in [7, 11) is 3.57. The van der Waals surface area contributed by atoms with Crippen molar-refractivity contribution < 1.29 is 37.3 Å². The van der Waals surface area contributed by atoms with Crippen molar-refractivity contribution in [2.75, 3.05) is 27.2 Å². The van der Waals surface area contributed by atoms with Crippen LogP contribution in [0, 0.1) is 0 Å². The van der Waals surface area contributed by atoms with E-state index in [4.69, 9.17) is 19.4 Å². The quantitative estimate of drug-likeness (QED) is 0.809. The van der Waals surface area contributed by atoms with Crippen LogP contribution in [0.15, 0.2) is 24.5 Å². The van der Waals surface area contributed by atoms with E-state index in [2.05, 4.69) is 4.98 Å². The van der Waals surface area contributed by atoms with Gasteiger partial charge in [0, 0.05) is 26.8 Å². The molecule has 1 aliphatic heterocycles. The second kappa shape index (κ2) is 9.09. The topological polar surface area (TPSA) is 92.2 Å². The van der Waals surface area contributed by atoms with Crippen molar-refractivity contribution in [3.8, 4) is 5.75 Å². The number of carbonyl (C=O) groups is 2. The number of carboxylic acids is 1. The van der Waals surface area contributed by atoms with Crippen LogP contribution in [-0.4, -0.2) is 83.6 Å². The number of aromatic nitrogens is 1. The fourth-order valence-corrected chi connectivity index (χ4v) is 3.13. The van der Waals surface area contributed by atoms with Gasteiger partial charge in [-0.3, -0.25) is 4.98 Å². The first kappa shape index (κ1) is 21.7. The molecule has 0 radical (unpaired) electrons. The summed E-state index contributed by atoms with van der Waals surface area (Å²) in [5, 5.41) is 7.12. The molecule has 1 aliphatic carbocycles. The van der Waals surface area contributed by atoms with Gasteiger partial charge in [0.2, 0.25) is 0 Å². The van der Waals surface area contributed by atoms with E-state index < -0.39 is 12.1 Å². The molecule has 2 heterocycles. The number of alkyl halides is 3. The summed E-state index contributed by atoms with van der Waals surface area (Å²) in [4.78, 5) is 28.7. The number of nitrogens with zero attached hydrogens (tertiary/aromatic N) is 3. The second-order valence-electron chi connectivity index (χ2n) is 6.50. The van der Waals surface area contributed by atoms with E-state index in [0.29, 0.717) is 13.2 Å². The summed E-state index contributed by atoms with van der Waals surface area (Å²) in [6.45, 7) is 1.21. The molecule has 2 amide bonds. The smallest absolute Gasteiger partial charge is 0.486 e. The van der Waals surface area contributed by atoms with E-state index in [-0.39, 0.29) is 24.3 Å². The highest BCUT2D eigenvalue weighted by Crippen LogP contribution is 2.33. The summed E-state index contributed by atoms with van der Waals surface area (Å²) in [6.07, 6.45) is 0.0776. The summed E-state index contributed by atoms with van der Waals surface area (Å²) < 4.78 is 43.6. The fourth-order valence-electron chi connectivity index (χ4n) is 3.13. The third-order valence-electron chi connectivity index (χ3n) is 4.33. The minimum atomic E-state index is -5.08. The first-order valence-electron chi connectivity index (χ1n) is 8.57. The third-order valence-corrected chi connectivity index (χ3v) is 4.33.